The molecule has 2 aliphatic rings. The number of nitrogens with one attached hydrogen (secondary N) is 1. The van der Waals surface area contributed by atoms with Crippen molar-refractivity contribution in [3.63, 3.8) is 0 Å². The maximum absolute atomic E-state index is 12.7. The number of fused-ring (bicyclic) bond motifs is 1. The third kappa shape index (κ3) is 3.92. The zero-order valence-corrected chi connectivity index (χ0v) is 15.1. The molecule has 7 nitrogen and oxygen atoms in total. The van der Waals surface area contributed by atoms with Crippen molar-refractivity contribution in [3.8, 4) is 11.5 Å². The predicted octanol–water partition coefficient (Wildman–Crippen LogP) is 1.70. The van der Waals surface area contributed by atoms with Gasteiger partial charge in [-0.15, -0.1) is 0 Å². The summed E-state index contributed by atoms with van der Waals surface area (Å²) in [5.41, 5.74) is 1.57. The van der Waals surface area contributed by atoms with E-state index in [4.69, 9.17) is 9.47 Å². The monoisotopic (exact) mass is 369 g/mol. The SMILES string of the molecule is O=C(Cc1ccc2c(c1)OCCCO2)N1CCN(C(=O)c2cc[nH]c2)CC1. The number of carbonyl (C=O) groups excluding carboxylic acids is 2. The first-order chi connectivity index (χ1) is 13.2. The van der Waals surface area contributed by atoms with Crippen molar-refractivity contribution >= 4 is 11.8 Å². The number of aromatic nitrogens is 1. The first-order valence-corrected chi connectivity index (χ1v) is 9.29. The minimum absolute atomic E-state index is 0.00579. The number of benzene rings is 1. The maximum atomic E-state index is 12.7. The lowest BCUT2D eigenvalue weighted by Gasteiger charge is -2.34. The molecule has 0 saturated carbocycles. The van der Waals surface area contributed by atoms with Gasteiger partial charge in [-0.2, -0.15) is 0 Å². The van der Waals surface area contributed by atoms with Crippen LogP contribution in [0.4, 0.5) is 0 Å². The van der Waals surface area contributed by atoms with Gasteiger partial charge < -0.3 is 24.3 Å². The van der Waals surface area contributed by atoms with Gasteiger partial charge in [-0.05, 0) is 23.8 Å². The highest BCUT2D eigenvalue weighted by atomic mass is 16.5. The molecule has 1 aromatic heterocycles. The molecule has 2 aromatic rings. The lowest BCUT2D eigenvalue weighted by molar-refractivity contribution is -0.131. The smallest absolute Gasteiger partial charge is 0.255 e. The lowest BCUT2D eigenvalue weighted by atomic mass is 10.1. The van der Waals surface area contributed by atoms with Crippen LogP contribution in [-0.4, -0.2) is 66.0 Å². The van der Waals surface area contributed by atoms with E-state index in [1.165, 1.54) is 0 Å². The normalized spacial score (nSPS) is 16.7. The number of carbonyl (C=O) groups is 2. The van der Waals surface area contributed by atoms with Crippen LogP contribution in [0.25, 0.3) is 0 Å². The van der Waals surface area contributed by atoms with E-state index in [0.717, 1.165) is 17.7 Å². The molecule has 1 aromatic carbocycles. The van der Waals surface area contributed by atoms with Gasteiger partial charge in [0.15, 0.2) is 11.5 Å². The van der Waals surface area contributed by atoms with E-state index in [9.17, 15) is 9.59 Å². The average molecular weight is 369 g/mol. The van der Waals surface area contributed by atoms with Crippen LogP contribution in [0.2, 0.25) is 0 Å². The predicted molar refractivity (Wildman–Crippen MR) is 99.0 cm³/mol. The molecule has 0 radical (unpaired) electrons. The van der Waals surface area contributed by atoms with Crippen molar-refractivity contribution < 1.29 is 19.1 Å². The highest BCUT2D eigenvalue weighted by Gasteiger charge is 2.25. The fourth-order valence-electron chi connectivity index (χ4n) is 3.40. The van der Waals surface area contributed by atoms with Gasteiger partial charge in [0.2, 0.25) is 5.91 Å². The summed E-state index contributed by atoms with van der Waals surface area (Å²) >= 11 is 0. The van der Waals surface area contributed by atoms with E-state index in [1.54, 1.807) is 23.4 Å². The summed E-state index contributed by atoms with van der Waals surface area (Å²) in [4.78, 5) is 31.5. The van der Waals surface area contributed by atoms with Crippen molar-refractivity contribution in [2.45, 2.75) is 12.8 Å². The number of ether oxygens (including phenoxy) is 2. The van der Waals surface area contributed by atoms with E-state index in [1.807, 2.05) is 23.1 Å². The minimum Gasteiger partial charge on any atom is -0.490 e. The fourth-order valence-corrected chi connectivity index (χ4v) is 3.40. The molecular formula is C20H23N3O4. The third-order valence-electron chi connectivity index (χ3n) is 4.93. The molecule has 0 atom stereocenters. The topological polar surface area (TPSA) is 74.9 Å². The number of rotatable bonds is 3. The summed E-state index contributed by atoms with van der Waals surface area (Å²) in [6.45, 7) is 3.49. The van der Waals surface area contributed by atoms with Crippen molar-refractivity contribution in [2.24, 2.45) is 0 Å². The first kappa shape index (κ1) is 17.5. The Labute approximate surface area is 157 Å². The molecule has 1 N–H and O–H groups in total. The largest absolute Gasteiger partial charge is 0.490 e. The zero-order chi connectivity index (χ0) is 18.6. The van der Waals surface area contributed by atoms with Gasteiger partial charge in [-0.25, -0.2) is 0 Å². The maximum Gasteiger partial charge on any atom is 0.255 e. The minimum atomic E-state index is 0.00579. The van der Waals surface area contributed by atoms with Gasteiger partial charge >= 0.3 is 0 Å². The second-order valence-corrected chi connectivity index (χ2v) is 6.78. The number of hydrogen-bond donors (Lipinski definition) is 1. The molecule has 1 fully saturated rings. The van der Waals surface area contributed by atoms with Gasteiger partial charge in [0.1, 0.15) is 0 Å². The number of hydrogen-bond acceptors (Lipinski definition) is 4. The van der Waals surface area contributed by atoms with Crippen LogP contribution in [0.5, 0.6) is 11.5 Å². The Bertz CT molecular complexity index is 811. The Morgan fingerprint density at radius 2 is 1.70 bits per heavy atom. The molecular weight excluding hydrogens is 346 g/mol. The molecule has 3 heterocycles. The summed E-state index contributed by atoms with van der Waals surface area (Å²) < 4.78 is 11.3. The molecule has 7 heteroatoms. The van der Waals surface area contributed by atoms with Crippen molar-refractivity contribution in [3.05, 3.63) is 47.8 Å². The van der Waals surface area contributed by atoms with Gasteiger partial charge in [-0.1, -0.05) is 6.07 Å². The molecule has 2 amide bonds. The Kier molecular flexibility index (Phi) is 5.00. The summed E-state index contributed by atoms with van der Waals surface area (Å²) in [5.74, 6) is 1.52. The van der Waals surface area contributed by atoms with Crippen LogP contribution in [0.3, 0.4) is 0 Å². The summed E-state index contributed by atoms with van der Waals surface area (Å²) in [6, 6.07) is 7.45. The van der Waals surface area contributed by atoms with Gasteiger partial charge in [0.05, 0.1) is 25.2 Å². The van der Waals surface area contributed by atoms with Crippen molar-refractivity contribution in [2.75, 3.05) is 39.4 Å². The number of nitrogens with zero attached hydrogens (tertiary/aromatic N) is 2. The summed E-state index contributed by atoms with van der Waals surface area (Å²) in [5, 5.41) is 0. The Hall–Kier alpha value is -2.96. The highest BCUT2D eigenvalue weighted by Crippen LogP contribution is 2.30. The molecule has 27 heavy (non-hydrogen) atoms. The molecule has 0 spiro atoms. The molecule has 0 bridgehead atoms. The second-order valence-electron chi connectivity index (χ2n) is 6.78. The molecule has 4 rings (SSSR count). The first-order valence-electron chi connectivity index (χ1n) is 9.29. The van der Waals surface area contributed by atoms with E-state index in [0.29, 0.717) is 57.1 Å². The Morgan fingerprint density at radius 1 is 0.963 bits per heavy atom. The lowest BCUT2D eigenvalue weighted by Crippen LogP contribution is -2.50. The summed E-state index contributed by atoms with van der Waals surface area (Å²) in [7, 11) is 0. The number of aromatic amines is 1. The van der Waals surface area contributed by atoms with Gasteiger partial charge in [0, 0.05) is 45.0 Å². The number of amides is 2. The second kappa shape index (κ2) is 7.73. The van der Waals surface area contributed by atoms with Crippen LogP contribution < -0.4 is 9.47 Å². The number of piperazine rings is 1. The van der Waals surface area contributed by atoms with Crippen LogP contribution in [0, 0.1) is 0 Å². The molecule has 2 aliphatic heterocycles. The van der Waals surface area contributed by atoms with E-state index in [2.05, 4.69) is 4.98 Å². The summed E-state index contributed by atoms with van der Waals surface area (Å²) in [6.07, 6.45) is 4.61. The van der Waals surface area contributed by atoms with Gasteiger partial charge in [-0.3, -0.25) is 9.59 Å². The van der Waals surface area contributed by atoms with E-state index >= 15 is 0 Å². The Morgan fingerprint density at radius 3 is 2.44 bits per heavy atom. The molecule has 0 unspecified atom stereocenters. The van der Waals surface area contributed by atoms with Crippen LogP contribution in [0.1, 0.15) is 22.3 Å². The van der Waals surface area contributed by atoms with Gasteiger partial charge in [0.25, 0.3) is 5.91 Å². The van der Waals surface area contributed by atoms with Crippen LogP contribution in [0.15, 0.2) is 36.7 Å². The fraction of sp³-hybridized carbons (Fsp3) is 0.400. The van der Waals surface area contributed by atoms with E-state index in [-0.39, 0.29) is 11.8 Å². The highest BCUT2D eigenvalue weighted by molar-refractivity contribution is 5.94. The van der Waals surface area contributed by atoms with Crippen molar-refractivity contribution in [1.29, 1.82) is 0 Å². The zero-order valence-electron chi connectivity index (χ0n) is 15.1. The molecule has 1 saturated heterocycles. The average Bonchev–Trinajstić information content (AvgIpc) is 3.13. The standard InChI is InChI=1S/C20H23N3O4/c24-19(13-15-2-3-17-18(12-15)27-11-1-10-26-17)22-6-8-23(9-7-22)20(25)16-4-5-21-14-16/h2-5,12,14,21H,1,6-11,13H2. The van der Waals surface area contributed by atoms with Crippen molar-refractivity contribution in [1.82, 2.24) is 14.8 Å². The molecule has 142 valence electrons. The third-order valence-corrected chi connectivity index (χ3v) is 4.93. The molecule has 0 aliphatic carbocycles. The Balaban J connectivity index is 1.33. The van der Waals surface area contributed by atoms with Crippen LogP contribution >= 0.6 is 0 Å². The van der Waals surface area contributed by atoms with Crippen LogP contribution in [-0.2, 0) is 11.2 Å². The van der Waals surface area contributed by atoms with E-state index < -0.39 is 0 Å². The quantitative estimate of drug-likeness (QED) is 0.894. The number of H-pyrrole nitrogens is 1.